The van der Waals surface area contributed by atoms with Gasteiger partial charge in [0.05, 0.1) is 5.71 Å². The number of thioether (sulfide) groups is 1. The van der Waals surface area contributed by atoms with E-state index in [1.807, 2.05) is 66.7 Å². The molecule has 0 amide bonds. The lowest BCUT2D eigenvalue weighted by Gasteiger charge is -2.15. The van der Waals surface area contributed by atoms with Crippen LogP contribution in [0.25, 0.3) is 11.4 Å². The molecular formula is C23H17ClN4OS. The molecule has 4 aromatic rings. The van der Waals surface area contributed by atoms with Crippen LogP contribution in [0.3, 0.4) is 0 Å². The van der Waals surface area contributed by atoms with Crippen LogP contribution in [0.5, 0.6) is 5.75 Å². The van der Waals surface area contributed by atoms with E-state index in [0.29, 0.717) is 28.0 Å². The van der Waals surface area contributed by atoms with Crippen LogP contribution in [0.15, 0.2) is 89.1 Å². The second kappa shape index (κ2) is 7.97. The topological polar surface area (TPSA) is 63.3 Å². The monoisotopic (exact) mass is 432 g/mol. The number of aromatic hydroxyl groups is 1. The molecule has 0 fully saturated rings. The van der Waals surface area contributed by atoms with Gasteiger partial charge in [0.25, 0.3) is 0 Å². The van der Waals surface area contributed by atoms with Gasteiger partial charge in [0, 0.05) is 27.8 Å². The molecule has 1 unspecified atom stereocenters. The Morgan fingerprint density at radius 3 is 2.40 bits per heavy atom. The van der Waals surface area contributed by atoms with E-state index < -0.39 is 0 Å². The Morgan fingerprint density at radius 1 is 0.900 bits per heavy atom. The maximum Gasteiger partial charge on any atom is 0.212 e. The molecule has 1 N–H and O–H groups in total. The number of fused-ring (bicyclic) bond motifs is 1. The minimum atomic E-state index is 0.0506. The molecule has 148 valence electrons. The van der Waals surface area contributed by atoms with Gasteiger partial charge in [-0.1, -0.05) is 78.0 Å². The van der Waals surface area contributed by atoms with Crippen LogP contribution < -0.4 is 0 Å². The third-order valence-electron chi connectivity index (χ3n) is 4.95. The second-order valence-corrected chi connectivity index (χ2v) is 8.52. The molecule has 30 heavy (non-hydrogen) atoms. The first-order chi connectivity index (χ1) is 14.7. The van der Waals surface area contributed by atoms with Crippen molar-refractivity contribution in [2.24, 2.45) is 5.10 Å². The minimum absolute atomic E-state index is 0.0506. The molecule has 3 aromatic carbocycles. The Kier molecular flexibility index (Phi) is 5.02. The van der Waals surface area contributed by atoms with Crippen molar-refractivity contribution in [3.8, 4) is 17.1 Å². The maximum atomic E-state index is 10.5. The molecule has 1 aliphatic heterocycles. The molecule has 1 aromatic heterocycles. The summed E-state index contributed by atoms with van der Waals surface area (Å²) in [6.45, 7) is 0. The average molecular weight is 433 g/mol. The molecule has 0 spiro atoms. The normalized spacial score (nSPS) is 15.9. The van der Waals surface area contributed by atoms with Crippen LogP contribution in [-0.4, -0.2) is 25.7 Å². The predicted octanol–water partition coefficient (Wildman–Crippen LogP) is 5.79. The van der Waals surface area contributed by atoms with E-state index in [0.717, 1.165) is 16.8 Å². The molecule has 2 heterocycles. The highest BCUT2D eigenvalue weighted by Gasteiger charge is 2.27. The molecule has 5 nitrogen and oxygen atoms in total. The fourth-order valence-electron chi connectivity index (χ4n) is 3.45. The van der Waals surface area contributed by atoms with Gasteiger partial charge in [-0.2, -0.15) is 9.78 Å². The summed E-state index contributed by atoms with van der Waals surface area (Å²) in [5, 5.41) is 25.7. The summed E-state index contributed by atoms with van der Waals surface area (Å²) in [6.07, 6.45) is 0.626. The van der Waals surface area contributed by atoms with E-state index in [1.165, 1.54) is 0 Å². The highest BCUT2D eigenvalue weighted by molar-refractivity contribution is 7.99. The summed E-state index contributed by atoms with van der Waals surface area (Å²) >= 11 is 7.70. The number of phenolic OH excluding ortho intramolecular Hbond substituents is 1. The molecule has 7 heteroatoms. The average Bonchev–Trinajstić information content (AvgIpc) is 3.06. The lowest BCUT2D eigenvalue weighted by Crippen LogP contribution is -2.07. The summed E-state index contributed by atoms with van der Waals surface area (Å²) < 4.78 is 1.78. The zero-order valence-electron chi connectivity index (χ0n) is 15.8. The molecule has 5 rings (SSSR count). The van der Waals surface area contributed by atoms with Crippen LogP contribution >= 0.6 is 23.4 Å². The van der Waals surface area contributed by atoms with Gasteiger partial charge < -0.3 is 5.11 Å². The van der Waals surface area contributed by atoms with Gasteiger partial charge in [-0.15, -0.1) is 10.2 Å². The Morgan fingerprint density at radius 2 is 1.63 bits per heavy atom. The Labute approximate surface area is 183 Å². The van der Waals surface area contributed by atoms with E-state index in [-0.39, 0.29) is 11.0 Å². The number of rotatable bonds is 3. The first-order valence-corrected chi connectivity index (χ1v) is 10.7. The Bertz CT molecular complexity index is 1220. The van der Waals surface area contributed by atoms with Gasteiger partial charge in [-0.05, 0) is 29.8 Å². The van der Waals surface area contributed by atoms with Crippen LogP contribution in [-0.2, 0) is 0 Å². The first kappa shape index (κ1) is 18.9. The van der Waals surface area contributed by atoms with E-state index in [9.17, 15) is 5.11 Å². The number of benzene rings is 3. The van der Waals surface area contributed by atoms with Crippen molar-refractivity contribution in [3.05, 3.63) is 95.0 Å². The maximum absolute atomic E-state index is 10.5. The lowest BCUT2D eigenvalue weighted by molar-refractivity contribution is 0.474. The van der Waals surface area contributed by atoms with Crippen molar-refractivity contribution in [1.82, 2.24) is 14.9 Å². The molecule has 0 saturated heterocycles. The van der Waals surface area contributed by atoms with Crippen molar-refractivity contribution < 1.29 is 5.11 Å². The fraction of sp³-hybridized carbons (Fsp3) is 0.0870. The van der Waals surface area contributed by atoms with Crippen molar-refractivity contribution in [1.29, 1.82) is 0 Å². The number of phenols is 1. The van der Waals surface area contributed by atoms with Crippen molar-refractivity contribution >= 4 is 29.1 Å². The number of nitrogens with zero attached hydrogens (tertiary/aromatic N) is 4. The van der Waals surface area contributed by atoms with Gasteiger partial charge in [-0.25, -0.2) is 0 Å². The van der Waals surface area contributed by atoms with E-state index in [2.05, 4.69) is 10.2 Å². The molecular weight excluding hydrogens is 416 g/mol. The second-order valence-electron chi connectivity index (χ2n) is 6.91. The van der Waals surface area contributed by atoms with Gasteiger partial charge in [0.1, 0.15) is 5.75 Å². The van der Waals surface area contributed by atoms with Gasteiger partial charge in [0.15, 0.2) is 5.82 Å². The smallest absolute Gasteiger partial charge is 0.212 e. The molecule has 0 aliphatic carbocycles. The summed E-state index contributed by atoms with van der Waals surface area (Å²) in [4.78, 5) is 0. The summed E-state index contributed by atoms with van der Waals surface area (Å²) in [6, 6.07) is 24.9. The highest BCUT2D eigenvalue weighted by atomic mass is 35.5. The first-order valence-electron chi connectivity index (χ1n) is 9.48. The van der Waals surface area contributed by atoms with Crippen LogP contribution in [0.2, 0.25) is 5.02 Å². The number of hydrogen-bond donors (Lipinski definition) is 1. The van der Waals surface area contributed by atoms with E-state index in [4.69, 9.17) is 16.7 Å². The third-order valence-corrected chi connectivity index (χ3v) is 6.39. The number of aromatic nitrogens is 3. The largest absolute Gasteiger partial charge is 0.507 e. The number of para-hydroxylation sites is 1. The van der Waals surface area contributed by atoms with Crippen LogP contribution in [0, 0.1) is 0 Å². The van der Waals surface area contributed by atoms with Crippen molar-refractivity contribution in [2.45, 2.75) is 16.8 Å². The number of hydrogen-bond acceptors (Lipinski definition) is 5. The molecule has 1 aliphatic rings. The summed E-state index contributed by atoms with van der Waals surface area (Å²) in [5.41, 5.74) is 3.53. The van der Waals surface area contributed by atoms with Gasteiger partial charge in [0.2, 0.25) is 5.16 Å². The van der Waals surface area contributed by atoms with Gasteiger partial charge in [-0.3, -0.25) is 0 Å². The predicted molar refractivity (Wildman–Crippen MR) is 120 cm³/mol. The van der Waals surface area contributed by atoms with E-state index >= 15 is 0 Å². The van der Waals surface area contributed by atoms with Crippen LogP contribution in [0.4, 0.5) is 0 Å². The lowest BCUT2D eigenvalue weighted by atomic mass is 10.0. The van der Waals surface area contributed by atoms with Crippen molar-refractivity contribution in [3.63, 3.8) is 0 Å². The standard InChI is InChI=1S/C23H17ClN4OS/c24-17-12-10-15(11-13-17)21-14-19(18-8-4-5-9-20(18)29)27-28-22(25-26-23(28)30-21)16-6-2-1-3-7-16/h1-13,21,29H,14H2. The number of halogens is 1. The van der Waals surface area contributed by atoms with Gasteiger partial charge >= 0.3 is 0 Å². The summed E-state index contributed by atoms with van der Waals surface area (Å²) in [5.74, 6) is 0.872. The Hall–Kier alpha value is -3.09. The Balaban J connectivity index is 1.66. The highest BCUT2D eigenvalue weighted by Crippen LogP contribution is 2.42. The molecule has 1 atom stereocenters. The van der Waals surface area contributed by atoms with E-state index in [1.54, 1.807) is 28.6 Å². The third kappa shape index (κ3) is 3.60. The minimum Gasteiger partial charge on any atom is -0.507 e. The summed E-state index contributed by atoms with van der Waals surface area (Å²) in [7, 11) is 0. The molecule has 0 saturated carbocycles. The molecule has 0 radical (unpaired) electrons. The quantitative estimate of drug-likeness (QED) is 0.444. The molecule has 0 bridgehead atoms. The SMILES string of the molecule is Oc1ccccc1C1=Nn2c(nnc2-c2ccccc2)SC(c2ccc(Cl)cc2)C1. The fourth-order valence-corrected chi connectivity index (χ4v) is 4.68. The van der Waals surface area contributed by atoms with Crippen molar-refractivity contribution in [2.75, 3.05) is 0 Å². The zero-order chi connectivity index (χ0) is 20.5. The zero-order valence-corrected chi connectivity index (χ0v) is 17.4. The van der Waals surface area contributed by atoms with Crippen LogP contribution in [0.1, 0.15) is 22.8 Å².